The third-order valence-electron chi connectivity index (χ3n) is 5.05. The van der Waals surface area contributed by atoms with Crippen LogP contribution in [-0.4, -0.2) is 6.04 Å². The Morgan fingerprint density at radius 3 is 1.85 bits per heavy atom. The van der Waals surface area contributed by atoms with Crippen molar-refractivity contribution in [2.24, 2.45) is 22.5 Å². The van der Waals surface area contributed by atoms with Crippen molar-refractivity contribution in [1.29, 1.82) is 0 Å². The van der Waals surface area contributed by atoms with Crippen LogP contribution in [0.3, 0.4) is 0 Å². The van der Waals surface area contributed by atoms with E-state index in [4.69, 9.17) is 5.73 Å². The first-order chi connectivity index (χ1) is 5.51. The number of rotatable bonds is 1. The molecule has 13 heavy (non-hydrogen) atoms. The van der Waals surface area contributed by atoms with Crippen molar-refractivity contribution in [2.45, 2.75) is 52.5 Å². The Morgan fingerprint density at radius 1 is 1.23 bits per heavy atom. The molecule has 0 saturated heterocycles. The standard InChI is InChI=1S/C11H21N.ClH/c1-8(12)11-6-4-9(5-7-11)10(11,2)3;/h8-9H,4-7,12H2,1-3H3;1H. The van der Waals surface area contributed by atoms with Crippen LogP contribution >= 0.6 is 12.4 Å². The van der Waals surface area contributed by atoms with Gasteiger partial charge in [-0.15, -0.1) is 12.4 Å². The van der Waals surface area contributed by atoms with E-state index in [1.807, 2.05) is 0 Å². The molecule has 2 bridgehead atoms. The third kappa shape index (κ3) is 1.16. The van der Waals surface area contributed by atoms with E-state index in [2.05, 4.69) is 20.8 Å². The molecule has 2 aliphatic carbocycles. The predicted molar refractivity (Wildman–Crippen MR) is 59.1 cm³/mol. The van der Waals surface area contributed by atoms with E-state index in [9.17, 15) is 0 Å². The highest BCUT2D eigenvalue weighted by Crippen LogP contribution is 2.66. The lowest BCUT2D eigenvalue weighted by atomic mass is 9.65. The molecular formula is C11H22ClN. The maximum atomic E-state index is 6.15. The molecule has 2 saturated carbocycles. The summed E-state index contributed by atoms with van der Waals surface area (Å²) in [4.78, 5) is 0. The molecule has 0 amide bonds. The second-order valence-electron chi connectivity index (χ2n) is 5.44. The lowest BCUT2D eigenvalue weighted by molar-refractivity contribution is 0.100. The summed E-state index contributed by atoms with van der Waals surface area (Å²) in [7, 11) is 0. The van der Waals surface area contributed by atoms with Gasteiger partial charge in [-0.05, 0) is 49.4 Å². The summed E-state index contributed by atoms with van der Waals surface area (Å²) in [5, 5.41) is 0. The van der Waals surface area contributed by atoms with Gasteiger partial charge in [0.25, 0.3) is 0 Å². The minimum absolute atomic E-state index is 0. The molecule has 2 N–H and O–H groups in total. The molecule has 2 heteroatoms. The van der Waals surface area contributed by atoms with Gasteiger partial charge in [-0.25, -0.2) is 0 Å². The van der Waals surface area contributed by atoms with Gasteiger partial charge < -0.3 is 5.73 Å². The molecule has 1 atom stereocenters. The zero-order valence-electron chi connectivity index (χ0n) is 8.97. The first-order valence-corrected chi connectivity index (χ1v) is 5.26. The molecule has 0 aliphatic heterocycles. The normalized spacial score (nSPS) is 42.9. The predicted octanol–water partition coefficient (Wildman–Crippen LogP) is 2.97. The van der Waals surface area contributed by atoms with Gasteiger partial charge in [0.2, 0.25) is 0 Å². The lowest BCUT2D eigenvalue weighted by Crippen LogP contribution is -2.44. The van der Waals surface area contributed by atoms with Gasteiger partial charge in [0.15, 0.2) is 0 Å². The molecule has 0 aromatic carbocycles. The van der Waals surface area contributed by atoms with Crippen LogP contribution in [-0.2, 0) is 0 Å². The molecule has 2 rings (SSSR count). The highest BCUT2D eigenvalue weighted by Gasteiger charge is 2.60. The van der Waals surface area contributed by atoms with Crippen LogP contribution in [0.25, 0.3) is 0 Å². The van der Waals surface area contributed by atoms with Gasteiger partial charge in [-0.3, -0.25) is 0 Å². The lowest BCUT2D eigenvalue weighted by Gasteiger charge is -2.41. The summed E-state index contributed by atoms with van der Waals surface area (Å²) in [6.45, 7) is 7.07. The summed E-state index contributed by atoms with van der Waals surface area (Å²) >= 11 is 0. The average molecular weight is 204 g/mol. The molecule has 2 aliphatic rings. The van der Waals surface area contributed by atoms with Crippen molar-refractivity contribution >= 4 is 12.4 Å². The SMILES string of the molecule is CC(N)C12CCC(CC1)C2(C)C.Cl. The van der Waals surface area contributed by atoms with Crippen molar-refractivity contribution < 1.29 is 0 Å². The summed E-state index contributed by atoms with van der Waals surface area (Å²) < 4.78 is 0. The van der Waals surface area contributed by atoms with Crippen molar-refractivity contribution in [3.05, 3.63) is 0 Å². The van der Waals surface area contributed by atoms with Gasteiger partial charge in [0, 0.05) is 6.04 Å². The highest BCUT2D eigenvalue weighted by atomic mass is 35.5. The fourth-order valence-electron chi connectivity index (χ4n) is 3.95. The zero-order chi connectivity index (χ0) is 8.98. The first-order valence-electron chi connectivity index (χ1n) is 5.26. The van der Waals surface area contributed by atoms with Crippen LogP contribution in [0.4, 0.5) is 0 Å². The summed E-state index contributed by atoms with van der Waals surface area (Å²) in [6.07, 6.45) is 5.60. The molecule has 0 aromatic heterocycles. The Balaban J connectivity index is 0.000000845. The maximum absolute atomic E-state index is 6.15. The van der Waals surface area contributed by atoms with Crippen LogP contribution in [0.2, 0.25) is 0 Å². The number of nitrogens with two attached hydrogens (primary N) is 1. The van der Waals surface area contributed by atoms with Crippen molar-refractivity contribution in [1.82, 2.24) is 0 Å². The topological polar surface area (TPSA) is 26.0 Å². The number of hydrogen-bond donors (Lipinski definition) is 1. The number of hydrogen-bond acceptors (Lipinski definition) is 1. The fraction of sp³-hybridized carbons (Fsp3) is 1.00. The molecule has 1 unspecified atom stereocenters. The van der Waals surface area contributed by atoms with Gasteiger partial charge in [0.05, 0.1) is 0 Å². The van der Waals surface area contributed by atoms with E-state index in [0.29, 0.717) is 16.9 Å². The maximum Gasteiger partial charge on any atom is 0.00722 e. The smallest absolute Gasteiger partial charge is 0.00722 e. The fourth-order valence-corrected chi connectivity index (χ4v) is 3.95. The summed E-state index contributed by atoms with van der Waals surface area (Å²) in [6, 6.07) is 0.389. The molecule has 0 radical (unpaired) electrons. The second kappa shape index (κ2) is 3.13. The van der Waals surface area contributed by atoms with E-state index in [1.165, 1.54) is 25.7 Å². The van der Waals surface area contributed by atoms with Crippen LogP contribution in [0.15, 0.2) is 0 Å². The molecule has 2 fully saturated rings. The second-order valence-corrected chi connectivity index (χ2v) is 5.44. The van der Waals surface area contributed by atoms with Crippen LogP contribution in [0.5, 0.6) is 0 Å². The Morgan fingerprint density at radius 2 is 1.69 bits per heavy atom. The molecular weight excluding hydrogens is 182 g/mol. The number of halogens is 1. The molecule has 0 heterocycles. The Hall–Kier alpha value is 0.250. The Labute approximate surface area is 87.9 Å². The zero-order valence-corrected chi connectivity index (χ0v) is 9.79. The molecule has 0 aromatic rings. The van der Waals surface area contributed by atoms with Gasteiger partial charge in [0.1, 0.15) is 0 Å². The van der Waals surface area contributed by atoms with E-state index in [1.54, 1.807) is 0 Å². The summed E-state index contributed by atoms with van der Waals surface area (Å²) in [5.74, 6) is 0.962. The van der Waals surface area contributed by atoms with E-state index < -0.39 is 0 Å². The number of fused-ring (bicyclic) bond motifs is 2. The average Bonchev–Trinajstić information content (AvgIpc) is 2.40. The van der Waals surface area contributed by atoms with E-state index >= 15 is 0 Å². The molecule has 78 valence electrons. The van der Waals surface area contributed by atoms with Gasteiger partial charge in [-0.2, -0.15) is 0 Å². The molecule has 1 nitrogen and oxygen atoms in total. The van der Waals surface area contributed by atoms with Crippen LogP contribution < -0.4 is 5.73 Å². The monoisotopic (exact) mass is 203 g/mol. The largest absolute Gasteiger partial charge is 0.327 e. The van der Waals surface area contributed by atoms with Gasteiger partial charge >= 0.3 is 0 Å². The van der Waals surface area contributed by atoms with Crippen molar-refractivity contribution in [2.75, 3.05) is 0 Å². The highest BCUT2D eigenvalue weighted by molar-refractivity contribution is 5.85. The van der Waals surface area contributed by atoms with Crippen molar-refractivity contribution in [3.8, 4) is 0 Å². The van der Waals surface area contributed by atoms with Gasteiger partial charge in [-0.1, -0.05) is 13.8 Å². The van der Waals surface area contributed by atoms with Crippen LogP contribution in [0, 0.1) is 16.7 Å². The Bertz CT molecular complexity index is 190. The molecule has 0 spiro atoms. The van der Waals surface area contributed by atoms with E-state index in [-0.39, 0.29) is 12.4 Å². The third-order valence-corrected chi connectivity index (χ3v) is 5.05. The summed E-state index contributed by atoms with van der Waals surface area (Å²) in [5.41, 5.74) is 7.14. The van der Waals surface area contributed by atoms with Crippen LogP contribution in [0.1, 0.15) is 46.5 Å². The van der Waals surface area contributed by atoms with E-state index in [0.717, 1.165) is 5.92 Å². The minimum Gasteiger partial charge on any atom is -0.327 e. The quantitative estimate of drug-likeness (QED) is 0.697. The minimum atomic E-state index is 0. The first kappa shape index (κ1) is 11.3. The Kier molecular flexibility index (Phi) is 2.73. The van der Waals surface area contributed by atoms with Crippen molar-refractivity contribution in [3.63, 3.8) is 0 Å².